The number of hydrogen-bond donors (Lipinski definition) is 0. The van der Waals surface area contributed by atoms with E-state index in [0.717, 1.165) is 25.6 Å². The molecule has 0 unspecified atom stereocenters. The number of benzene rings is 3. The quantitative estimate of drug-likeness (QED) is 0.622. The van der Waals surface area contributed by atoms with E-state index in [-0.39, 0.29) is 0 Å². The van der Waals surface area contributed by atoms with Crippen LogP contribution in [0.15, 0.2) is 70.5 Å². The molecule has 0 atom stereocenters. The molecule has 0 saturated heterocycles. The van der Waals surface area contributed by atoms with E-state index < -0.39 is 0 Å². The van der Waals surface area contributed by atoms with Crippen molar-refractivity contribution in [2.24, 2.45) is 0 Å². The monoisotopic (exact) mass is 295 g/mol. The second kappa shape index (κ2) is 5.58. The fraction of sp³-hybridized carbons (Fsp3) is 0. The number of nitrogens with zero attached hydrogens (tertiary/aromatic N) is 1. The minimum Gasteiger partial charge on any atom is -0.192 e. The Morgan fingerprint density at radius 2 is 1.70 bits per heavy atom. The van der Waals surface area contributed by atoms with Gasteiger partial charge in [-0.3, -0.25) is 0 Å². The highest BCUT2D eigenvalue weighted by Gasteiger charge is 2.07. The van der Waals surface area contributed by atoms with Crippen LogP contribution in [0.2, 0.25) is 5.02 Å². The lowest BCUT2D eigenvalue weighted by molar-refractivity contribution is 1.43. The summed E-state index contributed by atoms with van der Waals surface area (Å²) in [4.78, 5) is 2.22. The molecule has 0 heterocycles. The van der Waals surface area contributed by atoms with E-state index in [1.807, 2.05) is 60.7 Å². The van der Waals surface area contributed by atoms with Crippen molar-refractivity contribution in [3.05, 3.63) is 71.2 Å². The van der Waals surface area contributed by atoms with Crippen LogP contribution >= 0.6 is 23.4 Å². The molecule has 3 aromatic rings. The van der Waals surface area contributed by atoms with Gasteiger partial charge in [0.1, 0.15) is 0 Å². The van der Waals surface area contributed by atoms with Crippen LogP contribution in [0.5, 0.6) is 0 Å². The van der Waals surface area contributed by atoms with Crippen molar-refractivity contribution in [2.45, 2.75) is 9.79 Å². The van der Waals surface area contributed by atoms with Gasteiger partial charge in [0.2, 0.25) is 0 Å². The van der Waals surface area contributed by atoms with Gasteiger partial charge in [-0.15, -0.1) is 0 Å². The van der Waals surface area contributed by atoms with E-state index in [9.17, 15) is 5.26 Å². The normalized spacial score (nSPS) is 10.4. The molecular formula is C17H10ClNS. The summed E-state index contributed by atoms with van der Waals surface area (Å²) in [6.45, 7) is 0. The van der Waals surface area contributed by atoms with Crippen molar-refractivity contribution in [1.82, 2.24) is 0 Å². The van der Waals surface area contributed by atoms with Gasteiger partial charge in [-0.25, -0.2) is 0 Å². The van der Waals surface area contributed by atoms with Gasteiger partial charge in [-0.1, -0.05) is 53.7 Å². The number of rotatable bonds is 2. The van der Waals surface area contributed by atoms with Gasteiger partial charge in [0, 0.05) is 20.2 Å². The van der Waals surface area contributed by atoms with Crippen molar-refractivity contribution in [2.75, 3.05) is 0 Å². The fourth-order valence-electron chi connectivity index (χ4n) is 2.12. The Bertz CT molecular complexity index is 821. The third kappa shape index (κ3) is 2.51. The zero-order valence-electron chi connectivity index (χ0n) is 10.5. The molecule has 3 aromatic carbocycles. The Hall–Kier alpha value is -1.95. The number of fused-ring (bicyclic) bond motifs is 1. The van der Waals surface area contributed by atoms with Crippen LogP contribution in [0.4, 0.5) is 0 Å². The molecule has 0 aromatic heterocycles. The topological polar surface area (TPSA) is 23.8 Å². The van der Waals surface area contributed by atoms with Crippen molar-refractivity contribution < 1.29 is 0 Å². The van der Waals surface area contributed by atoms with E-state index in [1.54, 1.807) is 11.8 Å². The first kappa shape index (κ1) is 13.1. The fourth-order valence-corrected chi connectivity index (χ4v) is 3.38. The number of nitriles is 1. The first-order valence-corrected chi connectivity index (χ1v) is 7.32. The molecule has 3 rings (SSSR count). The van der Waals surface area contributed by atoms with Crippen LogP contribution in [0.3, 0.4) is 0 Å². The molecule has 0 aliphatic heterocycles. The highest BCUT2D eigenvalue weighted by atomic mass is 35.5. The summed E-state index contributed by atoms with van der Waals surface area (Å²) in [5.41, 5.74) is 0.705. The number of halogens is 1. The molecule has 0 N–H and O–H groups in total. The Labute approximate surface area is 126 Å². The van der Waals surface area contributed by atoms with Crippen molar-refractivity contribution >= 4 is 34.1 Å². The SMILES string of the molecule is N#Cc1ccc(Sc2cccc(Cl)c2)c2ccccc12. The second-order valence-electron chi connectivity index (χ2n) is 4.33. The van der Waals surface area contributed by atoms with Gasteiger partial charge in [-0.05, 0) is 35.7 Å². The van der Waals surface area contributed by atoms with Gasteiger partial charge >= 0.3 is 0 Å². The van der Waals surface area contributed by atoms with Gasteiger partial charge in [0.25, 0.3) is 0 Å². The second-order valence-corrected chi connectivity index (χ2v) is 5.88. The summed E-state index contributed by atoms with van der Waals surface area (Å²) < 4.78 is 0. The lowest BCUT2D eigenvalue weighted by Crippen LogP contribution is -1.83. The minimum absolute atomic E-state index is 0.705. The van der Waals surface area contributed by atoms with Gasteiger partial charge < -0.3 is 0 Å². The van der Waals surface area contributed by atoms with E-state index in [4.69, 9.17) is 11.6 Å². The predicted octanol–water partition coefficient (Wildman–Crippen LogP) is 5.52. The molecule has 0 saturated carbocycles. The maximum absolute atomic E-state index is 9.18. The minimum atomic E-state index is 0.705. The molecule has 0 aliphatic rings. The Kier molecular flexibility index (Phi) is 3.64. The average molecular weight is 296 g/mol. The summed E-state index contributed by atoms with van der Waals surface area (Å²) >= 11 is 7.68. The van der Waals surface area contributed by atoms with Crippen LogP contribution in [0, 0.1) is 11.3 Å². The summed E-state index contributed by atoms with van der Waals surface area (Å²) in [6, 6.07) is 21.9. The van der Waals surface area contributed by atoms with Crippen molar-refractivity contribution in [3.8, 4) is 6.07 Å². The predicted molar refractivity (Wildman–Crippen MR) is 84.2 cm³/mol. The molecule has 3 heteroatoms. The zero-order chi connectivity index (χ0) is 13.9. The van der Waals surface area contributed by atoms with Crippen molar-refractivity contribution in [1.29, 1.82) is 5.26 Å². The summed E-state index contributed by atoms with van der Waals surface area (Å²) in [7, 11) is 0. The van der Waals surface area contributed by atoms with E-state index in [2.05, 4.69) is 6.07 Å². The lowest BCUT2D eigenvalue weighted by Gasteiger charge is -2.08. The van der Waals surface area contributed by atoms with Crippen LogP contribution in [0.1, 0.15) is 5.56 Å². The van der Waals surface area contributed by atoms with Crippen molar-refractivity contribution in [3.63, 3.8) is 0 Å². The van der Waals surface area contributed by atoms with Gasteiger partial charge in [0.05, 0.1) is 11.6 Å². The molecule has 0 fully saturated rings. The lowest BCUT2D eigenvalue weighted by atomic mass is 10.1. The van der Waals surface area contributed by atoms with Gasteiger partial charge in [-0.2, -0.15) is 5.26 Å². The van der Waals surface area contributed by atoms with E-state index in [1.165, 1.54) is 0 Å². The Morgan fingerprint density at radius 3 is 2.45 bits per heavy atom. The summed E-state index contributed by atoms with van der Waals surface area (Å²) in [5.74, 6) is 0. The van der Waals surface area contributed by atoms with E-state index >= 15 is 0 Å². The molecule has 96 valence electrons. The Balaban J connectivity index is 2.11. The van der Waals surface area contributed by atoms with E-state index in [0.29, 0.717) is 5.56 Å². The maximum Gasteiger partial charge on any atom is 0.0998 e. The summed E-state index contributed by atoms with van der Waals surface area (Å²) in [5, 5.41) is 12.0. The van der Waals surface area contributed by atoms with Crippen LogP contribution in [-0.4, -0.2) is 0 Å². The maximum atomic E-state index is 9.18. The van der Waals surface area contributed by atoms with Crippen LogP contribution in [-0.2, 0) is 0 Å². The largest absolute Gasteiger partial charge is 0.192 e. The zero-order valence-corrected chi connectivity index (χ0v) is 12.1. The third-order valence-corrected chi connectivity index (χ3v) is 4.33. The molecule has 20 heavy (non-hydrogen) atoms. The third-order valence-electron chi connectivity index (χ3n) is 3.03. The molecule has 0 aliphatic carbocycles. The molecule has 0 radical (unpaired) electrons. The average Bonchev–Trinajstić information content (AvgIpc) is 2.48. The molecule has 1 nitrogen and oxygen atoms in total. The van der Waals surface area contributed by atoms with Gasteiger partial charge in [0.15, 0.2) is 0 Å². The smallest absolute Gasteiger partial charge is 0.0998 e. The molecule has 0 bridgehead atoms. The summed E-state index contributed by atoms with van der Waals surface area (Å²) in [6.07, 6.45) is 0. The molecule has 0 spiro atoms. The Morgan fingerprint density at radius 1 is 0.900 bits per heavy atom. The van der Waals surface area contributed by atoms with Crippen LogP contribution < -0.4 is 0 Å². The molecular weight excluding hydrogens is 286 g/mol. The first-order chi connectivity index (χ1) is 9.78. The highest BCUT2D eigenvalue weighted by molar-refractivity contribution is 7.99. The first-order valence-electron chi connectivity index (χ1n) is 6.13. The highest BCUT2D eigenvalue weighted by Crippen LogP contribution is 2.35. The number of hydrogen-bond acceptors (Lipinski definition) is 2. The molecule has 0 amide bonds. The van der Waals surface area contributed by atoms with Crippen LogP contribution in [0.25, 0.3) is 10.8 Å². The standard InChI is InChI=1S/C17H10ClNS/c18-13-4-3-5-14(10-13)20-17-9-8-12(11-19)15-6-1-2-7-16(15)17/h1-10H.